The fraction of sp³-hybridized carbons (Fsp3) is 0.200. The third-order valence-corrected chi connectivity index (χ3v) is 3.53. The van der Waals surface area contributed by atoms with Gasteiger partial charge >= 0.3 is 5.97 Å². The first-order valence-corrected chi connectivity index (χ1v) is 7.66. The molecule has 24 heavy (non-hydrogen) atoms. The van der Waals surface area contributed by atoms with Crippen molar-refractivity contribution >= 4 is 11.9 Å². The number of nitrogens with one attached hydrogen (secondary N) is 1. The molecule has 1 N–H and O–H groups in total. The number of carbonyl (C=O) groups excluding carboxylic acids is 2. The van der Waals surface area contributed by atoms with Crippen molar-refractivity contribution in [3.63, 3.8) is 0 Å². The van der Waals surface area contributed by atoms with Crippen LogP contribution in [0.15, 0.2) is 60.7 Å². The zero-order valence-electron chi connectivity index (χ0n) is 13.3. The van der Waals surface area contributed by atoms with E-state index in [1.54, 1.807) is 0 Å². The van der Waals surface area contributed by atoms with Crippen molar-refractivity contribution in [1.82, 2.24) is 5.32 Å². The molecule has 0 fully saturated rings. The van der Waals surface area contributed by atoms with Crippen LogP contribution in [0.2, 0.25) is 0 Å². The molecule has 0 bridgehead atoms. The van der Waals surface area contributed by atoms with Gasteiger partial charge < -0.3 is 10.1 Å². The second kappa shape index (κ2) is 9.16. The van der Waals surface area contributed by atoms with Crippen LogP contribution in [0.3, 0.4) is 0 Å². The molecule has 0 aliphatic carbocycles. The van der Waals surface area contributed by atoms with Gasteiger partial charge in [-0.1, -0.05) is 66.6 Å². The van der Waals surface area contributed by atoms with Crippen LogP contribution in [0.25, 0.3) is 0 Å². The van der Waals surface area contributed by atoms with Gasteiger partial charge in [0.15, 0.2) is 6.61 Å². The Morgan fingerprint density at radius 2 is 1.54 bits per heavy atom. The van der Waals surface area contributed by atoms with Gasteiger partial charge in [0, 0.05) is 5.92 Å². The quantitative estimate of drug-likeness (QED) is 0.630. The zero-order valence-corrected chi connectivity index (χ0v) is 13.3. The van der Waals surface area contributed by atoms with Gasteiger partial charge in [0.2, 0.25) is 0 Å². The molecule has 2 aromatic carbocycles. The minimum Gasteiger partial charge on any atom is -0.456 e. The average Bonchev–Trinajstić information content (AvgIpc) is 2.64. The van der Waals surface area contributed by atoms with Crippen molar-refractivity contribution in [2.24, 2.45) is 0 Å². The second-order valence-electron chi connectivity index (χ2n) is 5.22. The first-order valence-electron chi connectivity index (χ1n) is 7.66. The van der Waals surface area contributed by atoms with Crippen molar-refractivity contribution in [3.8, 4) is 12.3 Å². The Hall–Kier alpha value is -3.06. The summed E-state index contributed by atoms with van der Waals surface area (Å²) < 4.78 is 5.05. The standard InChI is InChI=1S/C20H19NO3/c1-2-13-21-19(22)15-24-20(23)14-18(16-9-5-3-6-10-16)17-11-7-4-8-12-17/h1,3-12,18H,13-15H2,(H,21,22). The van der Waals surface area contributed by atoms with Crippen molar-refractivity contribution in [1.29, 1.82) is 0 Å². The van der Waals surface area contributed by atoms with Crippen LogP contribution in [0.5, 0.6) is 0 Å². The maximum Gasteiger partial charge on any atom is 0.307 e. The predicted octanol–water partition coefficient (Wildman–Crippen LogP) is 2.50. The summed E-state index contributed by atoms with van der Waals surface area (Å²) >= 11 is 0. The van der Waals surface area contributed by atoms with Crippen LogP contribution < -0.4 is 5.32 Å². The van der Waals surface area contributed by atoms with Gasteiger partial charge in [0.1, 0.15) is 0 Å². The van der Waals surface area contributed by atoms with E-state index < -0.39 is 11.9 Å². The lowest BCUT2D eigenvalue weighted by Crippen LogP contribution is -2.29. The summed E-state index contributed by atoms with van der Waals surface area (Å²) in [4.78, 5) is 23.6. The molecule has 0 saturated carbocycles. The van der Waals surface area contributed by atoms with Crippen LogP contribution in [0.1, 0.15) is 23.5 Å². The Morgan fingerprint density at radius 3 is 2.04 bits per heavy atom. The van der Waals surface area contributed by atoms with E-state index in [0.717, 1.165) is 11.1 Å². The number of hydrogen-bond donors (Lipinski definition) is 1. The number of amides is 1. The summed E-state index contributed by atoms with van der Waals surface area (Å²) in [6, 6.07) is 19.5. The number of hydrogen-bond acceptors (Lipinski definition) is 3. The third-order valence-electron chi connectivity index (χ3n) is 3.53. The van der Waals surface area contributed by atoms with E-state index in [1.807, 2.05) is 60.7 Å². The van der Waals surface area contributed by atoms with E-state index in [4.69, 9.17) is 11.2 Å². The van der Waals surface area contributed by atoms with E-state index in [1.165, 1.54) is 0 Å². The second-order valence-corrected chi connectivity index (χ2v) is 5.22. The van der Waals surface area contributed by atoms with Crippen molar-refractivity contribution < 1.29 is 14.3 Å². The summed E-state index contributed by atoms with van der Waals surface area (Å²) in [5, 5.41) is 2.45. The number of terminal acetylenes is 1. The lowest BCUT2D eigenvalue weighted by atomic mass is 9.89. The fourth-order valence-electron chi connectivity index (χ4n) is 2.37. The summed E-state index contributed by atoms with van der Waals surface area (Å²) in [6.45, 7) is -0.205. The lowest BCUT2D eigenvalue weighted by molar-refractivity contribution is -0.148. The molecule has 0 aliphatic heterocycles. The highest BCUT2D eigenvalue weighted by Crippen LogP contribution is 2.28. The number of esters is 1. The first-order chi connectivity index (χ1) is 11.7. The van der Waals surface area contributed by atoms with E-state index in [9.17, 15) is 9.59 Å². The van der Waals surface area contributed by atoms with E-state index in [-0.39, 0.29) is 25.5 Å². The molecule has 2 rings (SSSR count). The van der Waals surface area contributed by atoms with Crippen molar-refractivity contribution in [3.05, 3.63) is 71.8 Å². The molecule has 122 valence electrons. The maximum absolute atomic E-state index is 12.1. The molecular formula is C20H19NO3. The van der Waals surface area contributed by atoms with E-state index >= 15 is 0 Å². The van der Waals surface area contributed by atoms with Gasteiger partial charge in [0.05, 0.1) is 13.0 Å². The Kier molecular flexibility index (Phi) is 6.60. The molecule has 0 radical (unpaired) electrons. The molecule has 0 saturated heterocycles. The third kappa shape index (κ3) is 5.29. The normalized spacial score (nSPS) is 10.0. The van der Waals surface area contributed by atoms with Gasteiger partial charge in [-0.25, -0.2) is 0 Å². The Morgan fingerprint density at radius 1 is 1.00 bits per heavy atom. The summed E-state index contributed by atoms with van der Waals surface area (Å²) in [5.41, 5.74) is 2.05. The molecule has 0 atom stereocenters. The van der Waals surface area contributed by atoms with Crippen LogP contribution in [-0.4, -0.2) is 25.0 Å². The Balaban J connectivity index is 2.03. The largest absolute Gasteiger partial charge is 0.456 e. The summed E-state index contributed by atoms with van der Waals surface area (Å²) in [7, 11) is 0. The Bertz CT molecular complexity index is 665. The van der Waals surface area contributed by atoms with Gasteiger partial charge in [-0.05, 0) is 11.1 Å². The van der Waals surface area contributed by atoms with Crippen molar-refractivity contribution in [2.75, 3.05) is 13.2 Å². The Labute approximate surface area is 141 Å². The number of rotatable bonds is 7. The van der Waals surface area contributed by atoms with Crippen LogP contribution in [-0.2, 0) is 14.3 Å². The molecule has 0 spiro atoms. The lowest BCUT2D eigenvalue weighted by Gasteiger charge is -2.17. The topological polar surface area (TPSA) is 55.4 Å². The SMILES string of the molecule is C#CCNC(=O)COC(=O)CC(c1ccccc1)c1ccccc1. The van der Waals surface area contributed by atoms with Gasteiger partial charge in [0.25, 0.3) is 5.91 Å². The molecule has 2 aromatic rings. The van der Waals surface area contributed by atoms with E-state index in [2.05, 4.69) is 11.2 Å². The van der Waals surface area contributed by atoms with Gasteiger partial charge in [-0.2, -0.15) is 0 Å². The number of carbonyl (C=O) groups is 2. The van der Waals surface area contributed by atoms with Crippen LogP contribution in [0.4, 0.5) is 0 Å². The molecular weight excluding hydrogens is 302 g/mol. The van der Waals surface area contributed by atoms with Crippen LogP contribution in [0, 0.1) is 12.3 Å². The highest BCUT2D eigenvalue weighted by atomic mass is 16.5. The monoisotopic (exact) mass is 321 g/mol. The highest BCUT2D eigenvalue weighted by molar-refractivity contribution is 5.81. The number of ether oxygens (including phenoxy) is 1. The van der Waals surface area contributed by atoms with Gasteiger partial charge in [-0.3, -0.25) is 9.59 Å². The molecule has 4 heteroatoms. The van der Waals surface area contributed by atoms with Crippen LogP contribution >= 0.6 is 0 Å². The molecule has 0 aliphatic rings. The smallest absolute Gasteiger partial charge is 0.307 e. The number of benzene rings is 2. The summed E-state index contributed by atoms with van der Waals surface area (Å²) in [5.74, 6) is 1.34. The molecule has 0 unspecified atom stereocenters. The summed E-state index contributed by atoms with van der Waals surface area (Å²) in [6.07, 6.45) is 5.22. The first kappa shape index (κ1) is 17.3. The average molecular weight is 321 g/mol. The van der Waals surface area contributed by atoms with E-state index in [0.29, 0.717) is 0 Å². The minimum absolute atomic E-state index is 0.117. The zero-order chi connectivity index (χ0) is 17.2. The van der Waals surface area contributed by atoms with Crippen molar-refractivity contribution in [2.45, 2.75) is 12.3 Å². The minimum atomic E-state index is -0.427. The fourth-order valence-corrected chi connectivity index (χ4v) is 2.37. The maximum atomic E-state index is 12.1. The highest BCUT2D eigenvalue weighted by Gasteiger charge is 2.19. The molecule has 1 amide bonds. The van der Waals surface area contributed by atoms with Gasteiger partial charge in [-0.15, -0.1) is 6.42 Å². The molecule has 4 nitrogen and oxygen atoms in total. The predicted molar refractivity (Wildman–Crippen MR) is 92.1 cm³/mol. The molecule has 0 heterocycles. The molecule has 0 aromatic heterocycles.